The molecule has 0 atom stereocenters. The SMILES string of the molecule is O=C(NCc1cccs1)c1ccc2c(c1)CCCC2. The van der Waals surface area contributed by atoms with Crippen molar-refractivity contribution in [1.82, 2.24) is 5.32 Å². The van der Waals surface area contributed by atoms with E-state index in [-0.39, 0.29) is 5.91 Å². The molecular formula is C16H17NOS. The van der Waals surface area contributed by atoms with E-state index in [4.69, 9.17) is 0 Å². The Labute approximate surface area is 117 Å². The third kappa shape index (κ3) is 2.87. The van der Waals surface area contributed by atoms with E-state index >= 15 is 0 Å². The van der Waals surface area contributed by atoms with Gasteiger partial charge in [-0.05, 0) is 60.4 Å². The van der Waals surface area contributed by atoms with E-state index in [0.29, 0.717) is 6.54 Å². The third-order valence-corrected chi connectivity index (χ3v) is 4.49. The second-order valence-electron chi connectivity index (χ2n) is 4.95. The molecule has 2 aromatic rings. The van der Waals surface area contributed by atoms with Gasteiger partial charge in [0, 0.05) is 10.4 Å². The number of carbonyl (C=O) groups excluding carboxylic acids is 1. The quantitative estimate of drug-likeness (QED) is 0.908. The van der Waals surface area contributed by atoms with Gasteiger partial charge >= 0.3 is 0 Å². The van der Waals surface area contributed by atoms with Crippen molar-refractivity contribution in [3.63, 3.8) is 0 Å². The summed E-state index contributed by atoms with van der Waals surface area (Å²) in [5.74, 6) is 0.0294. The topological polar surface area (TPSA) is 29.1 Å². The summed E-state index contributed by atoms with van der Waals surface area (Å²) in [5.41, 5.74) is 3.56. The van der Waals surface area contributed by atoms with Crippen LogP contribution in [0.3, 0.4) is 0 Å². The summed E-state index contributed by atoms with van der Waals surface area (Å²) < 4.78 is 0. The molecule has 1 aliphatic carbocycles. The van der Waals surface area contributed by atoms with Crippen LogP contribution in [0.25, 0.3) is 0 Å². The minimum absolute atomic E-state index is 0.0294. The van der Waals surface area contributed by atoms with E-state index in [2.05, 4.69) is 17.4 Å². The van der Waals surface area contributed by atoms with E-state index < -0.39 is 0 Å². The fourth-order valence-corrected chi connectivity index (χ4v) is 3.20. The van der Waals surface area contributed by atoms with Crippen molar-refractivity contribution in [3.05, 3.63) is 57.3 Å². The lowest BCUT2D eigenvalue weighted by molar-refractivity contribution is 0.0951. The molecule has 1 aromatic heterocycles. The Balaban J connectivity index is 1.69. The van der Waals surface area contributed by atoms with Gasteiger partial charge < -0.3 is 5.32 Å². The van der Waals surface area contributed by atoms with Gasteiger partial charge in [0.2, 0.25) is 0 Å². The van der Waals surface area contributed by atoms with Crippen LogP contribution in [0.4, 0.5) is 0 Å². The lowest BCUT2D eigenvalue weighted by atomic mass is 9.90. The Kier molecular flexibility index (Phi) is 3.65. The molecule has 2 nitrogen and oxygen atoms in total. The molecule has 0 unspecified atom stereocenters. The summed E-state index contributed by atoms with van der Waals surface area (Å²) in [5, 5.41) is 5.01. The second kappa shape index (κ2) is 5.57. The number of carbonyl (C=O) groups is 1. The zero-order valence-corrected chi connectivity index (χ0v) is 11.6. The first-order valence-corrected chi connectivity index (χ1v) is 7.63. The Morgan fingerprint density at radius 3 is 2.79 bits per heavy atom. The van der Waals surface area contributed by atoms with E-state index in [0.717, 1.165) is 18.4 Å². The number of rotatable bonds is 3. The average Bonchev–Trinajstić information content (AvgIpc) is 2.97. The predicted octanol–water partition coefficient (Wildman–Crippen LogP) is 3.56. The van der Waals surface area contributed by atoms with Crippen molar-refractivity contribution in [2.45, 2.75) is 32.2 Å². The Morgan fingerprint density at radius 2 is 2.00 bits per heavy atom. The number of benzene rings is 1. The van der Waals surface area contributed by atoms with Crippen molar-refractivity contribution in [2.24, 2.45) is 0 Å². The molecule has 1 aromatic carbocycles. The standard InChI is InChI=1S/C16H17NOS/c18-16(17-11-15-6-3-9-19-15)14-8-7-12-4-1-2-5-13(12)10-14/h3,6-10H,1-2,4-5,11H2,(H,17,18). The zero-order chi connectivity index (χ0) is 13.1. The Hall–Kier alpha value is -1.61. The molecule has 0 saturated heterocycles. The van der Waals surface area contributed by atoms with Crippen LogP contribution in [0.15, 0.2) is 35.7 Å². The fraction of sp³-hybridized carbons (Fsp3) is 0.312. The number of thiophene rings is 1. The molecule has 3 rings (SSSR count). The lowest BCUT2D eigenvalue weighted by Crippen LogP contribution is -2.22. The minimum atomic E-state index is 0.0294. The first-order valence-electron chi connectivity index (χ1n) is 6.75. The van der Waals surface area contributed by atoms with Gasteiger partial charge in [-0.15, -0.1) is 11.3 Å². The minimum Gasteiger partial charge on any atom is -0.347 e. The lowest BCUT2D eigenvalue weighted by Gasteiger charge is -2.16. The molecule has 1 aliphatic rings. The smallest absolute Gasteiger partial charge is 0.251 e. The molecule has 1 N–H and O–H groups in total. The molecule has 19 heavy (non-hydrogen) atoms. The van der Waals surface area contributed by atoms with Crippen LogP contribution in [0.1, 0.15) is 39.2 Å². The molecule has 3 heteroatoms. The molecule has 1 amide bonds. The van der Waals surface area contributed by atoms with Crippen LogP contribution in [0, 0.1) is 0 Å². The number of amides is 1. The number of hydrogen-bond donors (Lipinski definition) is 1. The molecule has 0 bridgehead atoms. The highest BCUT2D eigenvalue weighted by Crippen LogP contribution is 2.22. The van der Waals surface area contributed by atoms with Crippen molar-refractivity contribution in [1.29, 1.82) is 0 Å². The molecule has 0 saturated carbocycles. The summed E-state index contributed by atoms with van der Waals surface area (Å²) >= 11 is 1.67. The number of hydrogen-bond acceptors (Lipinski definition) is 2. The summed E-state index contributed by atoms with van der Waals surface area (Å²) in [4.78, 5) is 13.3. The fourth-order valence-electron chi connectivity index (χ4n) is 2.56. The number of nitrogens with one attached hydrogen (secondary N) is 1. The normalized spacial score (nSPS) is 13.9. The van der Waals surface area contributed by atoms with Crippen LogP contribution in [0.2, 0.25) is 0 Å². The van der Waals surface area contributed by atoms with Gasteiger partial charge in [-0.1, -0.05) is 12.1 Å². The highest BCUT2D eigenvalue weighted by molar-refractivity contribution is 7.09. The third-order valence-electron chi connectivity index (χ3n) is 3.61. The summed E-state index contributed by atoms with van der Waals surface area (Å²) in [6, 6.07) is 10.2. The van der Waals surface area contributed by atoms with Crippen molar-refractivity contribution >= 4 is 17.2 Å². The van der Waals surface area contributed by atoms with Gasteiger partial charge in [-0.2, -0.15) is 0 Å². The van der Waals surface area contributed by atoms with Crippen LogP contribution < -0.4 is 5.32 Å². The van der Waals surface area contributed by atoms with Crippen LogP contribution in [-0.2, 0) is 19.4 Å². The second-order valence-corrected chi connectivity index (χ2v) is 5.98. The maximum Gasteiger partial charge on any atom is 0.251 e. The van der Waals surface area contributed by atoms with Gasteiger partial charge in [0.15, 0.2) is 0 Å². The van der Waals surface area contributed by atoms with Gasteiger partial charge in [0.25, 0.3) is 5.91 Å². The maximum atomic E-state index is 12.1. The molecule has 0 fully saturated rings. The summed E-state index contributed by atoms with van der Waals surface area (Å²) in [6.45, 7) is 0.619. The zero-order valence-electron chi connectivity index (χ0n) is 10.8. The van der Waals surface area contributed by atoms with E-state index in [9.17, 15) is 4.79 Å². The van der Waals surface area contributed by atoms with Crippen molar-refractivity contribution in [2.75, 3.05) is 0 Å². The van der Waals surface area contributed by atoms with E-state index in [1.54, 1.807) is 11.3 Å². The molecular weight excluding hydrogens is 254 g/mol. The van der Waals surface area contributed by atoms with Gasteiger partial charge in [-0.3, -0.25) is 4.79 Å². The Morgan fingerprint density at radius 1 is 1.16 bits per heavy atom. The van der Waals surface area contributed by atoms with Crippen LogP contribution in [-0.4, -0.2) is 5.91 Å². The van der Waals surface area contributed by atoms with Crippen molar-refractivity contribution in [3.8, 4) is 0 Å². The highest BCUT2D eigenvalue weighted by Gasteiger charge is 2.12. The monoisotopic (exact) mass is 271 g/mol. The highest BCUT2D eigenvalue weighted by atomic mass is 32.1. The average molecular weight is 271 g/mol. The largest absolute Gasteiger partial charge is 0.347 e. The van der Waals surface area contributed by atoms with Gasteiger partial charge in [0.05, 0.1) is 6.54 Å². The van der Waals surface area contributed by atoms with E-state index in [1.165, 1.54) is 28.8 Å². The maximum absolute atomic E-state index is 12.1. The first kappa shape index (κ1) is 12.4. The van der Waals surface area contributed by atoms with Gasteiger partial charge in [-0.25, -0.2) is 0 Å². The van der Waals surface area contributed by atoms with Crippen LogP contribution >= 0.6 is 11.3 Å². The van der Waals surface area contributed by atoms with Gasteiger partial charge in [0.1, 0.15) is 0 Å². The summed E-state index contributed by atoms with van der Waals surface area (Å²) in [7, 11) is 0. The van der Waals surface area contributed by atoms with Crippen LogP contribution in [0.5, 0.6) is 0 Å². The number of aryl methyl sites for hydroxylation is 2. The molecule has 1 heterocycles. The summed E-state index contributed by atoms with van der Waals surface area (Å²) in [6.07, 6.45) is 4.79. The molecule has 0 spiro atoms. The van der Waals surface area contributed by atoms with Crippen molar-refractivity contribution < 1.29 is 4.79 Å². The Bertz CT molecular complexity index is 574. The molecule has 0 aliphatic heterocycles. The number of fused-ring (bicyclic) bond motifs is 1. The molecule has 98 valence electrons. The van der Waals surface area contributed by atoms with E-state index in [1.807, 2.05) is 23.6 Å². The molecule has 0 radical (unpaired) electrons. The predicted molar refractivity (Wildman–Crippen MR) is 78.6 cm³/mol. The first-order chi connectivity index (χ1) is 9.33.